The van der Waals surface area contributed by atoms with Crippen molar-refractivity contribution in [3.8, 4) is 11.6 Å². The molecule has 0 spiro atoms. The van der Waals surface area contributed by atoms with E-state index in [2.05, 4.69) is 21.6 Å². The SMILES string of the molecule is Cc1ccc(NC(=O)Cn2cccc2-c2nnc(C3CCC3)o2)c(C)c1. The molecule has 26 heavy (non-hydrogen) atoms. The van der Waals surface area contributed by atoms with Crippen LogP contribution < -0.4 is 5.32 Å². The van der Waals surface area contributed by atoms with Gasteiger partial charge in [-0.15, -0.1) is 10.2 Å². The molecule has 3 aromatic rings. The fourth-order valence-corrected chi connectivity index (χ4v) is 3.20. The maximum Gasteiger partial charge on any atom is 0.264 e. The van der Waals surface area contributed by atoms with Crippen LogP contribution in [0.2, 0.25) is 0 Å². The summed E-state index contributed by atoms with van der Waals surface area (Å²) < 4.78 is 7.66. The van der Waals surface area contributed by atoms with Crippen LogP contribution in [0.4, 0.5) is 5.69 Å². The summed E-state index contributed by atoms with van der Waals surface area (Å²) in [6.45, 7) is 4.22. The van der Waals surface area contributed by atoms with Crippen molar-refractivity contribution in [2.45, 2.75) is 45.6 Å². The van der Waals surface area contributed by atoms with Gasteiger partial charge in [-0.05, 0) is 50.5 Å². The number of aryl methyl sites for hydroxylation is 2. The number of anilines is 1. The third-order valence-corrected chi connectivity index (χ3v) is 4.91. The topological polar surface area (TPSA) is 73.0 Å². The number of nitrogens with one attached hydrogen (secondary N) is 1. The van der Waals surface area contributed by atoms with Gasteiger partial charge in [0.25, 0.3) is 5.89 Å². The number of rotatable bonds is 5. The molecule has 0 atom stereocenters. The molecule has 134 valence electrons. The number of benzene rings is 1. The van der Waals surface area contributed by atoms with E-state index >= 15 is 0 Å². The second kappa shape index (κ2) is 6.78. The zero-order valence-electron chi connectivity index (χ0n) is 15.0. The van der Waals surface area contributed by atoms with Crippen LogP contribution in [0.3, 0.4) is 0 Å². The molecule has 0 bridgehead atoms. The van der Waals surface area contributed by atoms with Crippen LogP contribution in [0.25, 0.3) is 11.6 Å². The van der Waals surface area contributed by atoms with E-state index in [0.29, 0.717) is 17.7 Å². The van der Waals surface area contributed by atoms with Crippen LogP contribution >= 0.6 is 0 Å². The zero-order valence-corrected chi connectivity index (χ0v) is 15.0. The Bertz CT molecular complexity index is 937. The molecule has 0 radical (unpaired) electrons. The first-order valence-corrected chi connectivity index (χ1v) is 8.96. The Morgan fingerprint density at radius 1 is 1.27 bits per heavy atom. The molecule has 6 nitrogen and oxygen atoms in total. The Balaban J connectivity index is 1.48. The van der Waals surface area contributed by atoms with E-state index < -0.39 is 0 Å². The third kappa shape index (κ3) is 3.27. The quantitative estimate of drug-likeness (QED) is 0.753. The number of hydrogen-bond donors (Lipinski definition) is 1. The van der Waals surface area contributed by atoms with E-state index in [4.69, 9.17) is 4.42 Å². The van der Waals surface area contributed by atoms with Crippen molar-refractivity contribution in [2.75, 3.05) is 5.32 Å². The minimum absolute atomic E-state index is 0.0897. The van der Waals surface area contributed by atoms with Gasteiger partial charge >= 0.3 is 0 Å². The normalized spacial score (nSPS) is 14.2. The lowest BCUT2D eigenvalue weighted by molar-refractivity contribution is -0.116. The number of hydrogen-bond acceptors (Lipinski definition) is 4. The molecule has 2 aromatic heterocycles. The maximum absolute atomic E-state index is 12.5. The minimum Gasteiger partial charge on any atom is -0.419 e. The number of amides is 1. The molecule has 1 amide bonds. The molecular weight excluding hydrogens is 328 g/mol. The van der Waals surface area contributed by atoms with Gasteiger partial charge in [-0.1, -0.05) is 24.1 Å². The molecule has 0 unspecified atom stereocenters. The lowest BCUT2D eigenvalue weighted by atomic mass is 9.85. The van der Waals surface area contributed by atoms with E-state index in [-0.39, 0.29) is 12.5 Å². The fourth-order valence-electron chi connectivity index (χ4n) is 3.20. The van der Waals surface area contributed by atoms with Gasteiger partial charge in [0.15, 0.2) is 0 Å². The standard InChI is InChI=1S/C20H22N4O2/c1-13-8-9-16(14(2)11-13)21-18(25)12-24-10-4-7-17(24)20-23-22-19(26-20)15-5-3-6-15/h4,7-11,15H,3,5-6,12H2,1-2H3,(H,21,25). The number of carbonyl (C=O) groups is 1. The van der Waals surface area contributed by atoms with Crippen molar-refractivity contribution in [2.24, 2.45) is 0 Å². The Labute approximate surface area is 152 Å². The molecule has 0 aliphatic heterocycles. The van der Waals surface area contributed by atoms with Gasteiger partial charge in [-0.3, -0.25) is 4.79 Å². The molecule has 1 saturated carbocycles. The molecule has 2 heterocycles. The van der Waals surface area contributed by atoms with Gasteiger partial charge in [0.1, 0.15) is 12.2 Å². The van der Waals surface area contributed by atoms with Crippen LogP contribution in [-0.4, -0.2) is 20.7 Å². The second-order valence-corrected chi connectivity index (χ2v) is 6.96. The summed E-state index contributed by atoms with van der Waals surface area (Å²) in [4.78, 5) is 12.5. The van der Waals surface area contributed by atoms with Gasteiger partial charge in [0.2, 0.25) is 11.8 Å². The summed E-state index contributed by atoms with van der Waals surface area (Å²) in [6.07, 6.45) is 5.30. The van der Waals surface area contributed by atoms with Crippen molar-refractivity contribution in [3.05, 3.63) is 53.5 Å². The van der Waals surface area contributed by atoms with Crippen molar-refractivity contribution in [1.82, 2.24) is 14.8 Å². The second-order valence-electron chi connectivity index (χ2n) is 6.96. The monoisotopic (exact) mass is 350 g/mol. The van der Waals surface area contributed by atoms with Gasteiger partial charge in [0, 0.05) is 17.8 Å². The average molecular weight is 350 g/mol. The maximum atomic E-state index is 12.5. The molecular formula is C20H22N4O2. The highest BCUT2D eigenvalue weighted by Crippen LogP contribution is 2.36. The van der Waals surface area contributed by atoms with Crippen LogP contribution in [0, 0.1) is 13.8 Å². The molecule has 1 aromatic carbocycles. The summed E-state index contributed by atoms with van der Waals surface area (Å²) in [6, 6.07) is 9.75. The molecule has 1 fully saturated rings. The number of aromatic nitrogens is 3. The summed E-state index contributed by atoms with van der Waals surface area (Å²) in [5, 5.41) is 11.3. The zero-order chi connectivity index (χ0) is 18.1. The van der Waals surface area contributed by atoms with Crippen LogP contribution in [0.15, 0.2) is 40.9 Å². The third-order valence-electron chi connectivity index (χ3n) is 4.91. The number of nitrogens with zero attached hydrogens (tertiary/aromatic N) is 3. The van der Waals surface area contributed by atoms with Crippen molar-refractivity contribution in [3.63, 3.8) is 0 Å². The van der Waals surface area contributed by atoms with E-state index in [1.54, 1.807) is 0 Å². The lowest BCUT2D eigenvalue weighted by Gasteiger charge is -2.20. The lowest BCUT2D eigenvalue weighted by Crippen LogP contribution is -2.19. The summed E-state index contributed by atoms with van der Waals surface area (Å²) in [5.41, 5.74) is 3.82. The first-order valence-electron chi connectivity index (χ1n) is 8.96. The average Bonchev–Trinajstić information content (AvgIpc) is 3.18. The van der Waals surface area contributed by atoms with Gasteiger partial charge in [-0.25, -0.2) is 0 Å². The van der Waals surface area contributed by atoms with Crippen molar-refractivity contribution in [1.29, 1.82) is 0 Å². The summed E-state index contributed by atoms with van der Waals surface area (Å²) in [5.74, 6) is 1.48. The number of carbonyl (C=O) groups excluding carboxylic acids is 1. The predicted molar refractivity (Wildman–Crippen MR) is 98.9 cm³/mol. The smallest absolute Gasteiger partial charge is 0.264 e. The highest BCUT2D eigenvalue weighted by Gasteiger charge is 2.26. The summed E-state index contributed by atoms with van der Waals surface area (Å²) in [7, 11) is 0. The molecule has 0 saturated heterocycles. The predicted octanol–water partition coefficient (Wildman–Crippen LogP) is 4.06. The van der Waals surface area contributed by atoms with Gasteiger partial charge < -0.3 is 14.3 Å². The van der Waals surface area contributed by atoms with Gasteiger partial charge in [-0.2, -0.15) is 0 Å². The fraction of sp³-hybridized carbons (Fsp3) is 0.350. The Hall–Kier alpha value is -2.89. The minimum atomic E-state index is -0.0897. The molecule has 6 heteroatoms. The largest absolute Gasteiger partial charge is 0.419 e. The van der Waals surface area contributed by atoms with E-state index in [0.717, 1.165) is 29.8 Å². The highest BCUT2D eigenvalue weighted by molar-refractivity contribution is 5.91. The van der Waals surface area contributed by atoms with Crippen LogP contribution in [0.1, 0.15) is 42.2 Å². The van der Waals surface area contributed by atoms with Gasteiger partial charge in [0.05, 0.1) is 0 Å². The molecule has 4 rings (SSSR count). The highest BCUT2D eigenvalue weighted by atomic mass is 16.4. The Morgan fingerprint density at radius 3 is 2.85 bits per heavy atom. The van der Waals surface area contributed by atoms with E-state index in [9.17, 15) is 4.79 Å². The Morgan fingerprint density at radius 2 is 2.12 bits per heavy atom. The van der Waals surface area contributed by atoms with Crippen molar-refractivity contribution < 1.29 is 9.21 Å². The van der Waals surface area contributed by atoms with E-state index in [1.807, 2.05) is 48.9 Å². The van der Waals surface area contributed by atoms with Crippen molar-refractivity contribution >= 4 is 11.6 Å². The molecule has 1 aliphatic carbocycles. The van der Waals surface area contributed by atoms with E-state index in [1.165, 1.54) is 12.0 Å². The first-order chi connectivity index (χ1) is 12.6. The first kappa shape index (κ1) is 16.6. The van der Waals surface area contributed by atoms with Crippen LogP contribution in [0.5, 0.6) is 0 Å². The molecule has 1 N–H and O–H groups in total. The Kier molecular flexibility index (Phi) is 4.32. The molecule has 1 aliphatic rings. The summed E-state index contributed by atoms with van der Waals surface area (Å²) >= 11 is 0. The van der Waals surface area contributed by atoms with Crippen LogP contribution in [-0.2, 0) is 11.3 Å².